The number of hydrogen-bond acceptors (Lipinski definition) is 3. The number of nitrogens with two attached hydrogens (primary N) is 1. The van der Waals surface area contributed by atoms with E-state index in [2.05, 4.69) is 11.9 Å². The first-order valence-corrected chi connectivity index (χ1v) is 7.58. The maximum absolute atomic E-state index is 11.2. The second kappa shape index (κ2) is 6.80. The average molecular weight is 310 g/mol. The highest BCUT2D eigenvalue weighted by Gasteiger charge is 2.19. The zero-order chi connectivity index (χ0) is 15.4. The Balaban J connectivity index is 2.51. The minimum Gasteiger partial charge on any atom is -0.491 e. The Bertz CT molecular complexity index is 639. The second-order valence-corrected chi connectivity index (χ2v) is 5.29. The van der Waals surface area contributed by atoms with E-state index in [1.165, 1.54) is 0 Å². The summed E-state index contributed by atoms with van der Waals surface area (Å²) in [6.45, 7) is 4.62. The van der Waals surface area contributed by atoms with E-state index in [4.69, 9.17) is 22.1 Å². The van der Waals surface area contributed by atoms with Crippen LogP contribution >= 0.6 is 11.6 Å². The highest BCUT2D eigenvalue weighted by atomic mass is 35.5. The van der Waals surface area contributed by atoms with Gasteiger partial charge >= 0.3 is 0 Å². The molecular formula is C15H20ClN3O2. The summed E-state index contributed by atoms with van der Waals surface area (Å²) >= 11 is 6.00. The van der Waals surface area contributed by atoms with Crippen molar-refractivity contribution in [1.29, 1.82) is 0 Å². The van der Waals surface area contributed by atoms with Gasteiger partial charge in [0.1, 0.15) is 17.1 Å². The molecule has 0 fully saturated rings. The number of carbonyl (C=O) groups excluding carboxylic acids is 1. The van der Waals surface area contributed by atoms with Crippen LogP contribution in [-0.2, 0) is 10.7 Å². The Labute approximate surface area is 129 Å². The quantitative estimate of drug-likeness (QED) is 0.799. The van der Waals surface area contributed by atoms with E-state index in [0.29, 0.717) is 12.4 Å². The van der Waals surface area contributed by atoms with Crippen molar-refractivity contribution < 1.29 is 9.53 Å². The molecule has 0 aliphatic heterocycles. The van der Waals surface area contributed by atoms with E-state index in [1.54, 1.807) is 0 Å². The molecule has 0 aliphatic carbocycles. The lowest BCUT2D eigenvalue weighted by Crippen LogP contribution is -2.18. The van der Waals surface area contributed by atoms with Crippen molar-refractivity contribution in [3.63, 3.8) is 0 Å². The van der Waals surface area contributed by atoms with Crippen molar-refractivity contribution in [3.05, 3.63) is 24.0 Å². The van der Waals surface area contributed by atoms with Gasteiger partial charge in [-0.15, -0.1) is 11.6 Å². The molecule has 1 atom stereocenters. The van der Waals surface area contributed by atoms with Gasteiger partial charge in [-0.2, -0.15) is 0 Å². The minimum absolute atomic E-state index is 0.0947. The number of carbonyl (C=O) groups is 1. The van der Waals surface area contributed by atoms with E-state index >= 15 is 0 Å². The average Bonchev–Trinajstić information content (AvgIpc) is 2.83. The standard InChI is InChI=1S/C15H20ClN3O2/c1-3-7-21-12-6-4-5-11-15(12)18-14(9-16)19(11)10(2)8-13(17)20/h4-6,10H,3,7-9H2,1-2H3,(H2,17,20). The van der Waals surface area contributed by atoms with Gasteiger partial charge in [0, 0.05) is 12.5 Å². The van der Waals surface area contributed by atoms with Crippen LogP contribution in [0.1, 0.15) is 38.6 Å². The van der Waals surface area contributed by atoms with Crippen LogP contribution in [0.3, 0.4) is 0 Å². The van der Waals surface area contributed by atoms with Crippen LogP contribution in [0.4, 0.5) is 0 Å². The number of alkyl halides is 1. The molecule has 0 radical (unpaired) electrons. The van der Waals surface area contributed by atoms with Gasteiger partial charge in [0.05, 0.1) is 18.0 Å². The number of imidazole rings is 1. The number of halogens is 1. The fraction of sp³-hybridized carbons (Fsp3) is 0.467. The number of hydrogen-bond donors (Lipinski definition) is 1. The van der Waals surface area contributed by atoms with Crippen molar-refractivity contribution in [2.75, 3.05) is 6.61 Å². The van der Waals surface area contributed by atoms with Crippen LogP contribution in [0.5, 0.6) is 5.75 Å². The molecule has 0 aliphatic rings. The van der Waals surface area contributed by atoms with Gasteiger partial charge in [0.2, 0.25) is 5.91 Å². The summed E-state index contributed by atoms with van der Waals surface area (Å²) in [6, 6.07) is 5.67. The van der Waals surface area contributed by atoms with Crippen LogP contribution in [-0.4, -0.2) is 22.1 Å². The van der Waals surface area contributed by atoms with Crippen molar-refractivity contribution in [1.82, 2.24) is 9.55 Å². The number of benzene rings is 1. The maximum atomic E-state index is 11.2. The first-order chi connectivity index (χ1) is 10.1. The highest BCUT2D eigenvalue weighted by Crippen LogP contribution is 2.30. The van der Waals surface area contributed by atoms with Crippen LogP contribution in [0.2, 0.25) is 0 Å². The van der Waals surface area contributed by atoms with Crippen molar-refractivity contribution in [2.45, 2.75) is 38.6 Å². The summed E-state index contributed by atoms with van der Waals surface area (Å²) in [5.74, 6) is 1.38. The summed E-state index contributed by atoms with van der Waals surface area (Å²) in [5, 5.41) is 0. The Morgan fingerprint density at radius 2 is 2.29 bits per heavy atom. The first kappa shape index (κ1) is 15.6. The third-order valence-corrected chi connectivity index (χ3v) is 3.51. The fourth-order valence-electron chi connectivity index (χ4n) is 2.44. The van der Waals surface area contributed by atoms with E-state index in [-0.39, 0.29) is 24.2 Å². The van der Waals surface area contributed by atoms with Gasteiger partial charge in [-0.1, -0.05) is 13.0 Å². The van der Waals surface area contributed by atoms with Gasteiger partial charge in [-0.05, 0) is 25.5 Å². The summed E-state index contributed by atoms with van der Waals surface area (Å²) < 4.78 is 7.70. The number of rotatable bonds is 7. The predicted octanol–water partition coefficient (Wildman–Crippen LogP) is 3.00. The fourth-order valence-corrected chi connectivity index (χ4v) is 2.63. The summed E-state index contributed by atoms with van der Waals surface area (Å²) in [6.07, 6.45) is 1.17. The highest BCUT2D eigenvalue weighted by molar-refractivity contribution is 6.16. The van der Waals surface area contributed by atoms with Crippen molar-refractivity contribution in [2.24, 2.45) is 5.73 Å². The zero-order valence-electron chi connectivity index (χ0n) is 12.3. The molecule has 2 N–H and O–H groups in total. The first-order valence-electron chi connectivity index (χ1n) is 7.05. The SMILES string of the molecule is CCCOc1cccc2c1nc(CCl)n2C(C)CC(N)=O. The number of para-hydroxylation sites is 1. The molecule has 0 bridgehead atoms. The Morgan fingerprint density at radius 3 is 2.90 bits per heavy atom. The molecule has 2 aromatic rings. The lowest BCUT2D eigenvalue weighted by molar-refractivity contribution is -0.118. The predicted molar refractivity (Wildman–Crippen MR) is 83.6 cm³/mol. The monoisotopic (exact) mass is 309 g/mol. The molecule has 114 valence electrons. The Hall–Kier alpha value is -1.75. The molecule has 1 heterocycles. The van der Waals surface area contributed by atoms with Crippen molar-refractivity contribution >= 4 is 28.5 Å². The van der Waals surface area contributed by atoms with Crippen LogP contribution in [0, 0.1) is 0 Å². The normalized spacial score (nSPS) is 12.5. The van der Waals surface area contributed by atoms with Gasteiger partial charge < -0.3 is 15.0 Å². The summed E-state index contributed by atoms with van der Waals surface area (Å²) in [5.41, 5.74) is 6.99. The van der Waals surface area contributed by atoms with Gasteiger partial charge in [0.25, 0.3) is 0 Å². The summed E-state index contributed by atoms with van der Waals surface area (Å²) in [7, 11) is 0. The van der Waals surface area contributed by atoms with Crippen LogP contribution < -0.4 is 10.5 Å². The number of fused-ring (bicyclic) bond motifs is 1. The van der Waals surface area contributed by atoms with E-state index in [9.17, 15) is 4.79 Å². The zero-order valence-corrected chi connectivity index (χ0v) is 13.1. The molecule has 1 aromatic heterocycles. The van der Waals surface area contributed by atoms with E-state index in [0.717, 1.165) is 23.2 Å². The van der Waals surface area contributed by atoms with Gasteiger partial charge in [-0.3, -0.25) is 4.79 Å². The number of primary amides is 1. The summed E-state index contributed by atoms with van der Waals surface area (Å²) in [4.78, 5) is 15.7. The van der Waals surface area contributed by atoms with E-state index < -0.39 is 0 Å². The molecule has 1 amide bonds. The number of amides is 1. The molecule has 6 heteroatoms. The van der Waals surface area contributed by atoms with Gasteiger partial charge in [0.15, 0.2) is 0 Å². The molecule has 1 aromatic carbocycles. The Morgan fingerprint density at radius 1 is 1.52 bits per heavy atom. The van der Waals surface area contributed by atoms with Gasteiger partial charge in [-0.25, -0.2) is 4.98 Å². The topological polar surface area (TPSA) is 70.1 Å². The molecule has 0 saturated carbocycles. The number of nitrogens with zero attached hydrogens (tertiary/aromatic N) is 2. The molecule has 1 unspecified atom stereocenters. The third kappa shape index (κ3) is 3.29. The molecular weight excluding hydrogens is 290 g/mol. The molecule has 0 saturated heterocycles. The number of ether oxygens (including phenoxy) is 1. The van der Waals surface area contributed by atoms with Crippen LogP contribution in [0.15, 0.2) is 18.2 Å². The maximum Gasteiger partial charge on any atom is 0.219 e. The lowest BCUT2D eigenvalue weighted by Gasteiger charge is -2.15. The van der Waals surface area contributed by atoms with Crippen LogP contribution in [0.25, 0.3) is 11.0 Å². The molecule has 0 spiro atoms. The molecule has 21 heavy (non-hydrogen) atoms. The Kier molecular flexibility index (Phi) is 5.07. The number of aromatic nitrogens is 2. The third-order valence-electron chi connectivity index (χ3n) is 3.27. The van der Waals surface area contributed by atoms with Crippen molar-refractivity contribution in [3.8, 4) is 5.75 Å². The molecule has 5 nitrogen and oxygen atoms in total. The minimum atomic E-state index is -0.344. The second-order valence-electron chi connectivity index (χ2n) is 5.02. The smallest absolute Gasteiger partial charge is 0.219 e. The lowest BCUT2D eigenvalue weighted by atomic mass is 10.2. The molecule has 2 rings (SSSR count). The largest absolute Gasteiger partial charge is 0.491 e. The van der Waals surface area contributed by atoms with E-state index in [1.807, 2.05) is 29.7 Å².